The monoisotopic (exact) mass is 212 g/mol. The van der Waals surface area contributed by atoms with Crippen LogP contribution < -0.4 is 11.5 Å². The Balaban J connectivity index is 2.85. The number of amides is 1. The van der Waals surface area contributed by atoms with Gasteiger partial charge in [0.15, 0.2) is 0 Å². The lowest BCUT2D eigenvalue weighted by Gasteiger charge is -2.10. The molecule has 0 fully saturated rings. The van der Waals surface area contributed by atoms with Crippen LogP contribution in [0.15, 0.2) is 18.2 Å². The Morgan fingerprint density at radius 3 is 2.71 bits per heavy atom. The minimum Gasteiger partial charge on any atom is -0.370 e. The van der Waals surface area contributed by atoms with Gasteiger partial charge in [0.2, 0.25) is 5.91 Å². The average Bonchev–Trinajstić information content (AvgIpc) is 2.08. The van der Waals surface area contributed by atoms with Crippen LogP contribution in [-0.2, 0) is 4.79 Å². The molecule has 1 atom stereocenters. The molecule has 1 aromatic rings. The van der Waals surface area contributed by atoms with Crippen LogP contribution in [0.4, 0.5) is 0 Å². The Morgan fingerprint density at radius 1 is 1.57 bits per heavy atom. The van der Waals surface area contributed by atoms with E-state index in [9.17, 15) is 4.79 Å². The Hall–Kier alpha value is -1.06. The van der Waals surface area contributed by atoms with E-state index in [1.54, 1.807) is 6.07 Å². The molecule has 1 aromatic carbocycles. The van der Waals surface area contributed by atoms with Gasteiger partial charge in [-0.25, -0.2) is 0 Å². The molecule has 0 aromatic heterocycles. The van der Waals surface area contributed by atoms with Crippen LogP contribution in [0.25, 0.3) is 0 Å². The number of hydrogen-bond donors (Lipinski definition) is 2. The van der Waals surface area contributed by atoms with Gasteiger partial charge in [0, 0.05) is 17.5 Å². The summed E-state index contributed by atoms with van der Waals surface area (Å²) < 4.78 is 0. The number of carbonyl (C=O) groups is 1. The van der Waals surface area contributed by atoms with Crippen molar-refractivity contribution in [3.05, 3.63) is 34.3 Å². The summed E-state index contributed by atoms with van der Waals surface area (Å²) in [6.45, 7) is 1.91. The van der Waals surface area contributed by atoms with Gasteiger partial charge in [-0.05, 0) is 24.1 Å². The van der Waals surface area contributed by atoms with Crippen molar-refractivity contribution < 1.29 is 4.79 Å². The predicted octanol–water partition coefficient (Wildman–Crippen LogP) is 1.52. The molecule has 0 bridgehead atoms. The number of rotatable bonds is 3. The number of hydrogen-bond acceptors (Lipinski definition) is 2. The van der Waals surface area contributed by atoms with Crippen molar-refractivity contribution in [3.8, 4) is 0 Å². The van der Waals surface area contributed by atoms with Crippen LogP contribution >= 0.6 is 11.6 Å². The zero-order valence-electron chi connectivity index (χ0n) is 7.96. The number of halogens is 1. The molecule has 0 heterocycles. The van der Waals surface area contributed by atoms with E-state index in [4.69, 9.17) is 23.1 Å². The lowest BCUT2D eigenvalue weighted by molar-refractivity contribution is -0.118. The summed E-state index contributed by atoms with van der Waals surface area (Å²) in [7, 11) is 0. The standard InChI is InChI=1S/C10H13ClN2O/c1-6-2-3-7(4-8(6)11)9(12)5-10(13)14/h2-4,9H,5,12H2,1H3,(H2,13,14)/t9-/m1/s1. The molecular weight excluding hydrogens is 200 g/mol. The topological polar surface area (TPSA) is 69.1 Å². The van der Waals surface area contributed by atoms with E-state index in [-0.39, 0.29) is 12.5 Å². The third kappa shape index (κ3) is 2.72. The first-order valence-corrected chi connectivity index (χ1v) is 4.68. The molecule has 0 aliphatic rings. The van der Waals surface area contributed by atoms with E-state index in [0.29, 0.717) is 5.02 Å². The molecule has 0 radical (unpaired) electrons. The fourth-order valence-corrected chi connectivity index (χ4v) is 1.36. The Bertz CT molecular complexity index is 352. The van der Waals surface area contributed by atoms with Gasteiger partial charge in [-0.2, -0.15) is 0 Å². The zero-order valence-corrected chi connectivity index (χ0v) is 8.71. The Labute approximate surface area is 88.0 Å². The quantitative estimate of drug-likeness (QED) is 0.798. The van der Waals surface area contributed by atoms with Crippen molar-refractivity contribution in [1.29, 1.82) is 0 Å². The zero-order chi connectivity index (χ0) is 10.7. The lowest BCUT2D eigenvalue weighted by Crippen LogP contribution is -2.20. The first-order chi connectivity index (χ1) is 6.50. The Kier molecular flexibility index (Phi) is 3.49. The molecule has 3 nitrogen and oxygen atoms in total. The first kappa shape index (κ1) is 11.0. The molecule has 0 aliphatic heterocycles. The molecule has 76 valence electrons. The van der Waals surface area contributed by atoms with Crippen molar-refractivity contribution >= 4 is 17.5 Å². The fourth-order valence-electron chi connectivity index (χ4n) is 1.17. The van der Waals surface area contributed by atoms with Crippen LogP contribution in [0, 0.1) is 6.92 Å². The van der Waals surface area contributed by atoms with Crippen molar-refractivity contribution in [2.45, 2.75) is 19.4 Å². The van der Waals surface area contributed by atoms with E-state index in [0.717, 1.165) is 11.1 Å². The summed E-state index contributed by atoms with van der Waals surface area (Å²) in [6, 6.07) is 5.13. The molecule has 1 rings (SSSR count). The third-order valence-corrected chi connectivity index (χ3v) is 2.45. The largest absolute Gasteiger partial charge is 0.370 e. The number of carbonyl (C=O) groups excluding carboxylic acids is 1. The highest BCUT2D eigenvalue weighted by molar-refractivity contribution is 6.31. The maximum absolute atomic E-state index is 10.6. The normalized spacial score (nSPS) is 12.5. The van der Waals surface area contributed by atoms with Gasteiger partial charge < -0.3 is 11.5 Å². The number of aryl methyl sites for hydroxylation is 1. The van der Waals surface area contributed by atoms with E-state index in [2.05, 4.69) is 0 Å². The number of primary amides is 1. The molecular formula is C10H13ClN2O. The highest BCUT2D eigenvalue weighted by atomic mass is 35.5. The van der Waals surface area contributed by atoms with Crippen LogP contribution in [0.1, 0.15) is 23.6 Å². The molecule has 0 unspecified atom stereocenters. The van der Waals surface area contributed by atoms with Crippen molar-refractivity contribution in [2.24, 2.45) is 11.5 Å². The third-order valence-electron chi connectivity index (χ3n) is 2.05. The SMILES string of the molecule is Cc1ccc([C@H](N)CC(N)=O)cc1Cl. The number of nitrogens with two attached hydrogens (primary N) is 2. The molecule has 14 heavy (non-hydrogen) atoms. The van der Waals surface area contributed by atoms with Gasteiger partial charge in [0.25, 0.3) is 0 Å². The molecule has 0 saturated carbocycles. The molecule has 0 aliphatic carbocycles. The second-order valence-electron chi connectivity index (χ2n) is 3.29. The maximum Gasteiger partial charge on any atom is 0.219 e. The molecule has 0 saturated heterocycles. The lowest BCUT2D eigenvalue weighted by atomic mass is 10.0. The van der Waals surface area contributed by atoms with Crippen molar-refractivity contribution in [2.75, 3.05) is 0 Å². The predicted molar refractivity (Wildman–Crippen MR) is 56.9 cm³/mol. The summed E-state index contributed by atoms with van der Waals surface area (Å²) in [4.78, 5) is 10.6. The summed E-state index contributed by atoms with van der Waals surface area (Å²) >= 11 is 5.92. The van der Waals surface area contributed by atoms with Crippen molar-refractivity contribution in [1.82, 2.24) is 0 Å². The second kappa shape index (κ2) is 4.44. The highest BCUT2D eigenvalue weighted by Gasteiger charge is 2.09. The van der Waals surface area contributed by atoms with Gasteiger partial charge in [0.1, 0.15) is 0 Å². The molecule has 4 N–H and O–H groups in total. The van der Waals surface area contributed by atoms with Crippen LogP contribution in [0.2, 0.25) is 5.02 Å². The van der Waals surface area contributed by atoms with Crippen molar-refractivity contribution in [3.63, 3.8) is 0 Å². The van der Waals surface area contributed by atoms with E-state index >= 15 is 0 Å². The van der Waals surface area contributed by atoms with Gasteiger partial charge in [-0.3, -0.25) is 4.79 Å². The van der Waals surface area contributed by atoms with Gasteiger partial charge >= 0.3 is 0 Å². The highest BCUT2D eigenvalue weighted by Crippen LogP contribution is 2.21. The maximum atomic E-state index is 10.6. The van der Waals surface area contributed by atoms with Gasteiger partial charge in [-0.1, -0.05) is 23.7 Å². The summed E-state index contributed by atoms with van der Waals surface area (Å²) in [5.74, 6) is -0.408. The smallest absolute Gasteiger partial charge is 0.219 e. The molecule has 4 heteroatoms. The minimum absolute atomic E-state index is 0.138. The van der Waals surface area contributed by atoms with E-state index < -0.39 is 5.91 Å². The summed E-state index contributed by atoms with van der Waals surface area (Å²) in [6.07, 6.45) is 0.138. The van der Waals surface area contributed by atoms with Gasteiger partial charge in [0.05, 0.1) is 0 Å². The van der Waals surface area contributed by atoms with Crippen LogP contribution in [-0.4, -0.2) is 5.91 Å². The average molecular weight is 213 g/mol. The van der Waals surface area contributed by atoms with Crippen LogP contribution in [0.5, 0.6) is 0 Å². The number of benzene rings is 1. The molecule has 1 amide bonds. The summed E-state index contributed by atoms with van der Waals surface area (Å²) in [5.41, 5.74) is 12.6. The van der Waals surface area contributed by atoms with Gasteiger partial charge in [-0.15, -0.1) is 0 Å². The second-order valence-corrected chi connectivity index (χ2v) is 3.69. The van der Waals surface area contributed by atoms with E-state index in [1.807, 2.05) is 19.1 Å². The Morgan fingerprint density at radius 2 is 2.21 bits per heavy atom. The minimum atomic E-state index is -0.408. The molecule has 0 spiro atoms. The summed E-state index contributed by atoms with van der Waals surface area (Å²) in [5, 5.41) is 0.655. The van der Waals surface area contributed by atoms with Crippen LogP contribution in [0.3, 0.4) is 0 Å². The van der Waals surface area contributed by atoms with E-state index in [1.165, 1.54) is 0 Å². The fraction of sp³-hybridized carbons (Fsp3) is 0.300. The first-order valence-electron chi connectivity index (χ1n) is 4.30.